The van der Waals surface area contributed by atoms with Crippen molar-refractivity contribution in [1.29, 1.82) is 0 Å². The summed E-state index contributed by atoms with van der Waals surface area (Å²) in [7, 11) is 2.30. The molecule has 0 amide bonds. The molecule has 0 N–H and O–H groups in total. The van der Waals surface area contributed by atoms with E-state index >= 15 is 0 Å². The van der Waals surface area contributed by atoms with Crippen LogP contribution in [0.4, 0.5) is 0 Å². The van der Waals surface area contributed by atoms with Gasteiger partial charge in [-0.15, -0.1) is 0 Å². The van der Waals surface area contributed by atoms with Crippen LogP contribution in [0.3, 0.4) is 0 Å². The van der Waals surface area contributed by atoms with Gasteiger partial charge in [0.25, 0.3) is 0 Å². The van der Waals surface area contributed by atoms with Crippen molar-refractivity contribution in [2.24, 2.45) is 5.92 Å². The molecule has 0 bridgehead atoms. The van der Waals surface area contributed by atoms with Crippen LogP contribution in [0.2, 0.25) is 0 Å². The predicted molar refractivity (Wildman–Crippen MR) is 76.4 cm³/mol. The van der Waals surface area contributed by atoms with Gasteiger partial charge in [-0.25, -0.2) is 0 Å². The van der Waals surface area contributed by atoms with E-state index < -0.39 is 0 Å². The molecule has 1 nitrogen and oxygen atoms in total. The highest BCUT2D eigenvalue weighted by Gasteiger charge is 2.14. The third-order valence-electron chi connectivity index (χ3n) is 3.74. The number of thiol groups is 1. The molecule has 0 radical (unpaired) electrons. The molecule has 1 saturated carbocycles. The van der Waals surface area contributed by atoms with Crippen LogP contribution >= 0.6 is 12.6 Å². The molecule has 0 aliphatic heterocycles. The molecule has 0 atom stereocenters. The number of hydrogen-bond donors (Lipinski definition) is 1. The van der Waals surface area contributed by atoms with E-state index in [0.29, 0.717) is 0 Å². The Morgan fingerprint density at radius 3 is 2.38 bits per heavy atom. The van der Waals surface area contributed by atoms with Crippen molar-refractivity contribution in [3.63, 3.8) is 0 Å². The first-order valence-electron chi connectivity index (χ1n) is 7.12. The molecule has 0 aromatic rings. The summed E-state index contributed by atoms with van der Waals surface area (Å²) in [6, 6.07) is 0. The molecule has 1 aliphatic carbocycles. The first-order chi connectivity index (χ1) is 7.83. The number of nitrogens with zero attached hydrogens (tertiary/aromatic N) is 1. The zero-order chi connectivity index (χ0) is 11.6. The van der Waals surface area contributed by atoms with Crippen LogP contribution in [-0.2, 0) is 0 Å². The lowest BCUT2D eigenvalue weighted by atomic mass is 9.89. The Bertz CT molecular complexity index is 155. The molecule has 0 unspecified atom stereocenters. The summed E-state index contributed by atoms with van der Waals surface area (Å²) >= 11 is 4.24. The Kier molecular flexibility index (Phi) is 8.40. The molecule has 1 rings (SSSR count). The quantitative estimate of drug-likeness (QED) is 0.498. The second-order valence-corrected chi connectivity index (χ2v) is 5.85. The van der Waals surface area contributed by atoms with Crippen LogP contribution < -0.4 is 0 Å². The van der Waals surface area contributed by atoms with Gasteiger partial charge >= 0.3 is 0 Å². The second kappa shape index (κ2) is 9.35. The molecule has 2 heteroatoms. The molecule has 16 heavy (non-hydrogen) atoms. The van der Waals surface area contributed by atoms with Gasteiger partial charge in [0.1, 0.15) is 0 Å². The van der Waals surface area contributed by atoms with E-state index in [1.54, 1.807) is 0 Å². The van der Waals surface area contributed by atoms with Crippen LogP contribution in [0, 0.1) is 5.92 Å². The van der Waals surface area contributed by atoms with E-state index in [1.807, 2.05) is 0 Å². The fraction of sp³-hybridized carbons (Fsp3) is 1.00. The van der Waals surface area contributed by atoms with Crippen molar-refractivity contribution in [1.82, 2.24) is 4.90 Å². The lowest BCUT2D eigenvalue weighted by molar-refractivity contribution is 0.230. The molecule has 0 spiro atoms. The Morgan fingerprint density at radius 2 is 1.69 bits per heavy atom. The lowest BCUT2D eigenvalue weighted by Gasteiger charge is -2.26. The molecule has 0 saturated heterocycles. The standard InChI is InChI=1S/C14H29NS/c1-15(11-7-2-3-8-12-16)13-14-9-5-4-6-10-14/h14,16H,2-13H2,1H3. The third kappa shape index (κ3) is 6.80. The van der Waals surface area contributed by atoms with E-state index in [-0.39, 0.29) is 0 Å². The number of rotatable bonds is 8. The highest BCUT2D eigenvalue weighted by atomic mass is 32.1. The molecular weight excluding hydrogens is 214 g/mol. The molecule has 0 aromatic heterocycles. The first kappa shape index (κ1) is 14.4. The van der Waals surface area contributed by atoms with Crippen LogP contribution in [-0.4, -0.2) is 30.8 Å². The normalized spacial score (nSPS) is 18.2. The minimum Gasteiger partial charge on any atom is -0.306 e. The maximum atomic E-state index is 4.24. The van der Waals surface area contributed by atoms with Crippen LogP contribution in [0.1, 0.15) is 57.8 Å². The zero-order valence-corrected chi connectivity index (χ0v) is 11.9. The summed E-state index contributed by atoms with van der Waals surface area (Å²) in [5.41, 5.74) is 0. The summed E-state index contributed by atoms with van der Waals surface area (Å²) in [6.45, 7) is 2.63. The zero-order valence-electron chi connectivity index (χ0n) is 11.0. The molecule has 0 heterocycles. The van der Waals surface area contributed by atoms with E-state index in [9.17, 15) is 0 Å². The molecule has 1 fully saturated rings. The number of unbranched alkanes of at least 4 members (excludes halogenated alkanes) is 3. The van der Waals surface area contributed by atoms with Crippen LogP contribution in [0.25, 0.3) is 0 Å². The molecule has 0 aromatic carbocycles. The summed E-state index contributed by atoms with van der Waals surface area (Å²) in [5.74, 6) is 2.05. The van der Waals surface area contributed by atoms with Gasteiger partial charge in [0.2, 0.25) is 0 Å². The SMILES string of the molecule is CN(CCCCCCS)CC1CCCCC1. The van der Waals surface area contributed by atoms with E-state index in [2.05, 4.69) is 24.6 Å². The van der Waals surface area contributed by atoms with Gasteiger partial charge in [-0.3, -0.25) is 0 Å². The van der Waals surface area contributed by atoms with Crippen LogP contribution in [0.15, 0.2) is 0 Å². The van der Waals surface area contributed by atoms with E-state index in [4.69, 9.17) is 0 Å². The van der Waals surface area contributed by atoms with Crippen molar-refractivity contribution in [3.8, 4) is 0 Å². The fourth-order valence-corrected chi connectivity index (χ4v) is 2.97. The second-order valence-electron chi connectivity index (χ2n) is 5.40. The third-order valence-corrected chi connectivity index (χ3v) is 4.06. The van der Waals surface area contributed by atoms with Crippen molar-refractivity contribution in [2.75, 3.05) is 25.9 Å². The summed E-state index contributed by atoms with van der Waals surface area (Å²) < 4.78 is 0. The highest BCUT2D eigenvalue weighted by Crippen LogP contribution is 2.24. The van der Waals surface area contributed by atoms with Gasteiger partial charge in [-0.1, -0.05) is 32.1 Å². The fourth-order valence-electron chi connectivity index (χ4n) is 2.75. The first-order valence-corrected chi connectivity index (χ1v) is 7.75. The number of hydrogen-bond acceptors (Lipinski definition) is 2. The van der Waals surface area contributed by atoms with E-state index in [0.717, 1.165) is 11.7 Å². The Morgan fingerprint density at radius 1 is 1.00 bits per heavy atom. The van der Waals surface area contributed by atoms with Crippen molar-refractivity contribution >= 4 is 12.6 Å². The minimum atomic E-state index is 0.996. The monoisotopic (exact) mass is 243 g/mol. The highest BCUT2D eigenvalue weighted by molar-refractivity contribution is 7.80. The summed E-state index contributed by atoms with van der Waals surface area (Å²) in [4.78, 5) is 2.55. The van der Waals surface area contributed by atoms with Crippen molar-refractivity contribution in [3.05, 3.63) is 0 Å². The van der Waals surface area contributed by atoms with Gasteiger partial charge < -0.3 is 4.90 Å². The van der Waals surface area contributed by atoms with Gasteiger partial charge in [0.05, 0.1) is 0 Å². The Hall–Kier alpha value is 0.310. The molecular formula is C14H29NS. The van der Waals surface area contributed by atoms with Gasteiger partial charge in [0, 0.05) is 6.54 Å². The maximum absolute atomic E-state index is 4.24. The average molecular weight is 243 g/mol. The summed E-state index contributed by atoms with van der Waals surface area (Å²) in [5, 5.41) is 0. The van der Waals surface area contributed by atoms with Crippen molar-refractivity contribution < 1.29 is 0 Å². The molecule has 96 valence electrons. The van der Waals surface area contributed by atoms with Crippen molar-refractivity contribution in [2.45, 2.75) is 57.8 Å². The topological polar surface area (TPSA) is 3.24 Å². The summed E-state index contributed by atoms with van der Waals surface area (Å²) in [6.07, 6.45) is 12.8. The van der Waals surface area contributed by atoms with Gasteiger partial charge in [0.15, 0.2) is 0 Å². The minimum absolute atomic E-state index is 0.996. The molecule has 1 aliphatic rings. The van der Waals surface area contributed by atoms with Gasteiger partial charge in [-0.2, -0.15) is 12.6 Å². The lowest BCUT2D eigenvalue weighted by Crippen LogP contribution is -2.27. The smallest absolute Gasteiger partial charge is 0.000661 e. The predicted octanol–water partition coefficient (Wildman–Crippen LogP) is 3.99. The van der Waals surface area contributed by atoms with Gasteiger partial charge in [-0.05, 0) is 50.9 Å². The Labute approximate surface area is 107 Å². The Balaban J connectivity index is 1.95. The largest absolute Gasteiger partial charge is 0.306 e. The van der Waals surface area contributed by atoms with Crippen LogP contribution in [0.5, 0.6) is 0 Å². The average Bonchev–Trinajstić information content (AvgIpc) is 2.30. The van der Waals surface area contributed by atoms with E-state index in [1.165, 1.54) is 70.9 Å². The maximum Gasteiger partial charge on any atom is 0.000661 e.